The SMILES string of the molecule is CCCC(=N)Cc1cc(-c2ccccc2)n(Nc2ccnc3cc(Cl)ccc23)c1C. The predicted octanol–water partition coefficient (Wildman–Crippen LogP) is 6.90. The number of hydrogen-bond acceptors (Lipinski definition) is 3. The van der Waals surface area contributed by atoms with Gasteiger partial charge in [0.05, 0.1) is 16.9 Å². The summed E-state index contributed by atoms with van der Waals surface area (Å²) < 4.78 is 2.12. The number of fused-ring (bicyclic) bond motifs is 1. The molecule has 0 saturated carbocycles. The Bertz CT molecular complexity index is 1190. The first kappa shape index (κ1) is 20.2. The van der Waals surface area contributed by atoms with Gasteiger partial charge in [-0.1, -0.05) is 55.3 Å². The molecule has 0 aliphatic rings. The van der Waals surface area contributed by atoms with Crippen molar-refractivity contribution in [3.05, 3.63) is 83.1 Å². The molecule has 2 heterocycles. The summed E-state index contributed by atoms with van der Waals surface area (Å²) in [7, 11) is 0. The molecular weight excluding hydrogens is 392 g/mol. The van der Waals surface area contributed by atoms with Gasteiger partial charge in [0.15, 0.2) is 0 Å². The molecule has 0 fully saturated rings. The highest BCUT2D eigenvalue weighted by molar-refractivity contribution is 6.31. The van der Waals surface area contributed by atoms with Gasteiger partial charge in [0.1, 0.15) is 0 Å². The van der Waals surface area contributed by atoms with Gasteiger partial charge in [-0.05, 0) is 49.2 Å². The molecule has 0 spiro atoms. The third-order valence-corrected chi connectivity index (χ3v) is 5.55. The normalized spacial score (nSPS) is 11.0. The third kappa shape index (κ3) is 4.10. The van der Waals surface area contributed by atoms with Gasteiger partial charge in [0.2, 0.25) is 0 Å². The molecule has 0 atom stereocenters. The Morgan fingerprint density at radius 1 is 1.10 bits per heavy atom. The van der Waals surface area contributed by atoms with Crippen molar-refractivity contribution in [3.8, 4) is 11.3 Å². The van der Waals surface area contributed by atoms with Crippen LogP contribution in [0.25, 0.3) is 22.2 Å². The van der Waals surface area contributed by atoms with Gasteiger partial charge in [-0.3, -0.25) is 15.1 Å². The average molecular weight is 417 g/mol. The van der Waals surface area contributed by atoms with Crippen LogP contribution in [0.2, 0.25) is 5.02 Å². The van der Waals surface area contributed by atoms with E-state index < -0.39 is 0 Å². The van der Waals surface area contributed by atoms with Crippen molar-refractivity contribution in [2.75, 3.05) is 5.43 Å². The molecule has 5 heteroatoms. The van der Waals surface area contributed by atoms with Crippen LogP contribution in [-0.4, -0.2) is 15.4 Å². The number of hydrogen-bond donors (Lipinski definition) is 2. The van der Waals surface area contributed by atoms with E-state index in [1.807, 2.05) is 42.5 Å². The lowest BCUT2D eigenvalue weighted by atomic mass is 10.0. The van der Waals surface area contributed by atoms with Crippen molar-refractivity contribution in [1.29, 1.82) is 5.41 Å². The van der Waals surface area contributed by atoms with E-state index in [0.29, 0.717) is 11.4 Å². The second-order valence-corrected chi connectivity index (χ2v) is 7.94. The summed E-state index contributed by atoms with van der Waals surface area (Å²) in [5, 5.41) is 9.99. The van der Waals surface area contributed by atoms with Crippen molar-refractivity contribution >= 4 is 33.9 Å². The molecule has 0 unspecified atom stereocenters. The van der Waals surface area contributed by atoms with Crippen molar-refractivity contribution < 1.29 is 0 Å². The Morgan fingerprint density at radius 3 is 2.67 bits per heavy atom. The summed E-state index contributed by atoms with van der Waals surface area (Å²) in [5.41, 5.74) is 10.6. The maximum atomic E-state index is 8.31. The zero-order valence-corrected chi connectivity index (χ0v) is 18.0. The van der Waals surface area contributed by atoms with Gasteiger partial charge >= 0.3 is 0 Å². The molecule has 152 valence electrons. The second-order valence-electron chi connectivity index (χ2n) is 7.50. The van der Waals surface area contributed by atoms with Crippen LogP contribution in [0.4, 0.5) is 5.69 Å². The number of nitrogens with zero attached hydrogens (tertiary/aromatic N) is 2. The topological polar surface area (TPSA) is 53.7 Å². The molecule has 2 aromatic heterocycles. The van der Waals surface area contributed by atoms with Crippen LogP contribution in [0.15, 0.2) is 66.9 Å². The molecule has 4 nitrogen and oxygen atoms in total. The minimum atomic E-state index is 0.668. The quantitative estimate of drug-likeness (QED) is 0.322. The van der Waals surface area contributed by atoms with E-state index in [1.54, 1.807) is 6.20 Å². The number of halogens is 1. The molecule has 0 saturated heterocycles. The van der Waals surface area contributed by atoms with Crippen molar-refractivity contribution in [2.24, 2.45) is 0 Å². The molecule has 0 radical (unpaired) electrons. The smallest absolute Gasteiger partial charge is 0.0738 e. The van der Waals surface area contributed by atoms with Gasteiger partial charge in [-0.15, -0.1) is 0 Å². The molecule has 0 aliphatic heterocycles. The van der Waals surface area contributed by atoms with Gasteiger partial charge < -0.3 is 5.41 Å². The van der Waals surface area contributed by atoms with E-state index >= 15 is 0 Å². The summed E-state index contributed by atoms with van der Waals surface area (Å²) in [6.45, 7) is 4.22. The zero-order valence-electron chi connectivity index (χ0n) is 17.2. The lowest BCUT2D eigenvalue weighted by Crippen LogP contribution is -2.13. The third-order valence-electron chi connectivity index (χ3n) is 5.31. The summed E-state index contributed by atoms with van der Waals surface area (Å²) in [5.74, 6) is 0. The second kappa shape index (κ2) is 8.72. The molecule has 0 aliphatic carbocycles. The minimum Gasteiger partial charge on any atom is -0.309 e. The standard InChI is InChI=1S/C25H25ClN4/c1-3-7-21(27)14-19-15-25(18-8-5-4-6-9-18)30(17(19)2)29-23-12-13-28-24-16-20(26)10-11-22(23)24/h4-6,8-13,15-16,27H,3,7,14H2,1-2H3,(H,28,29). The fourth-order valence-electron chi connectivity index (χ4n) is 3.76. The summed E-state index contributed by atoms with van der Waals surface area (Å²) in [6.07, 6.45) is 4.28. The van der Waals surface area contributed by atoms with Crippen LogP contribution in [0.1, 0.15) is 31.0 Å². The largest absolute Gasteiger partial charge is 0.309 e. The predicted molar refractivity (Wildman–Crippen MR) is 127 cm³/mol. The Hall–Kier alpha value is -3.11. The Kier molecular flexibility index (Phi) is 5.86. The Labute approximate surface area is 182 Å². The van der Waals surface area contributed by atoms with Crippen LogP contribution in [0.5, 0.6) is 0 Å². The highest BCUT2D eigenvalue weighted by Gasteiger charge is 2.16. The fraction of sp³-hybridized carbons (Fsp3) is 0.200. The number of pyridine rings is 1. The Balaban J connectivity index is 1.80. The monoisotopic (exact) mass is 416 g/mol. The Morgan fingerprint density at radius 2 is 1.90 bits per heavy atom. The molecule has 0 bridgehead atoms. The van der Waals surface area contributed by atoms with E-state index in [4.69, 9.17) is 17.0 Å². The molecule has 30 heavy (non-hydrogen) atoms. The summed E-state index contributed by atoms with van der Waals surface area (Å²) >= 11 is 6.15. The van der Waals surface area contributed by atoms with Gasteiger partial charge in [0, 0.05) is 40.0 Å². The first-order valence-electron chi connectivity index (χ1n) is 10.2. The van der Waals surface area contributed by atoms with E-state index in [0.717, 1.165) is 52.1 Å². The van der Waals surface area contributed by atoms with Crippen LogP contribution >= 0.6 is 11.6 Å². The maximum Gasteiger partial charge on any atom is 0.0738 e. The molecule has 4 aromatic rings. The highest BCUT2D eigenvalue weighted by Crippen LogP contribution is 2.30. The van der Waals surface area contributed by atoms with Crippen molar-refractivity contribution in [1.82, 2.24) is 9.66 Å². The molecule has 0 amide bonds. The number of benzene rings is 2. The van der Waals surface area contributed by atoms with E-state index in [1.165, 1.54) is 5.56 Å². The molecule has 2 N–H and O–H groups in total. The molecular formula is C25H25ClN4. The van der Waals surface area contributed by atoms with E-state index in [9.17, 15) is 0 Å². The fourth-order valence-corrected chi connectivity index (χ4v) is 3.93. The number of aromatic nitrogens is 2. The summed E-state index contributed by atoms with van der Waals surface area (Å²) in [4.78, 5) is 4.45. The number of rotatable bonds is 7. The highest BCUT2D eigenvalue weighted by atomic mass is 35.5. The first-order chi connectivity index (χ1) is 14.6. The van der Waals surface area contributed by atoms with Crippen molar-refractivity contribution in [2.45, 2.75) is 33.1 Å². The number of nitrogens with one attached hydrogen (secondary N) is 2. The molecule has 2 aromatic carbocycles. The van der Waals surface area contributed by atoms with Gasteiger partial charge in [-0.25, -0.2) is 0 Å². The van der Waals surface area contributed by atoms with E-state index in [2.05, 4.69) is 47.1 Å². The van der Waals surface area contributed by atoms with E-state index in [-0.39, 0.29) is 0 Å². The van der Waals surface area contributed by atoms with Crippen molar-refractivity contribution in [3.63, 3.8) is 0 Å². The molecule has 4 rings (SSSR count). The average Bonchev–Trinajstić information content (AvgIpc) is 3.04. The summed E-state index contributed by atoms with van der Waals surface area (Å²) in [6, 6.07) is 20.3. The zero-order chi connectivity index (χ0) is 21.1. The first-order valence-corrected chi connectivity index (χ1v) is 10.6. The van der Waals surface area contributed by atoms with Gasteiger partial charge in [0.25, 0.3) is 0 Å². The lowest BCUT2D eigenvalue weighted by molar-refractivity contribution is 0.916. The number of anilines is 1. The van der Waals surface area contributed by atoms with Gasteiger partial charge in [-0.2, -0.15) is 0 Å². The minimum absolute atomic E-state index is 0.668. The lowest BCUT2D eigenvalue weighted by Gasteiger charge is -2.16. The van der Waals surface area contributed by atoms with Crippen LogP contribution in [-0.2, 0) is 6.42 Å². The maximum absolute atomic E-state index is 8.31. The van der Waals surface area contributed by atoms with Crippen LogP contribution < -0.4 is 5.43 Å². The van der Waals surface area contributed by atoms with Crippen LogP contribution in [0, 0.1) is 12.3 Å². The van der Waals surface area contributed by atoms with Crippen LogP contribution in [0.3, 0.4) is 0 Å².